The van der Waals surface area contributed by atoms with Gasteiger partial charge in [-0.3, -0.25) is 14.8 Å². The monoisotopic (exact) mass is 494 g/mol. The van der Waals surface area contributed by atoms with Crippen molar-refractivity contribution in [1.29, 1.82) is 0 Å². The number of carbonyl (C=O) groups is 1. The molecule has 5 rings (SSSR count). The Balaban J connectivity index is 1.47. The Morgan fingerprint density at radius 2 is 2.09 bits per heavy atom. The van der Waals surface area contributed by atoms with Crippen molar-refractivity contribution < 1.29 is 4.79 Å². The summed E-state index contributed by atoms with van der Waals surface area (Å²) in [5.74, 6) is 1.41. The molecule has 1 fully saturated rings. The summed E-state index contributed by atoms with van der Waals surface area (Å²) >= 11 is 7.17. The Morgan fingerprint density at radius 3 is 2.82 bits per heavy atom. The number of halogens is 1. The molecule has 2 atom stereocenters. The van der Waals surface area contributed by atoms with Crippen LogP contribution in [0.4, 0.5) is 0 Å². The number of imidazole rings is 1. The van der Waals surface area contributed by atoms with Crippen molar-refractivity contribution in [2.24, 2.45) is 5.92 Å². The summed E-state index contributed by atoms with van der Waals surface area (Å²) < 4.78 is 2.91. The Kier molecular flexibility index (Phi) is 6.61. The molecule has 34 heavy (non-hydrogen) atoms. The lowest BCUT2D eigenvalue weighted by Gasteiger charge is -2.32. The number of nitrogens with zero attached hydrogens (tertiary/aromatic N) is 5. The van der Waals surface area contributed by atoms with Gasteiger partial charge in [0.2, 0.25) is 0 Å². The van der Waals surface area contributed by atoms with E-state index in [9.17, 15) is 4.79 Å². The largest absolute Gasteiger partial charge is 0.347 e. The second-order valence-electron chi connectivity index (χ2n) is 9.23. The molecule has 176 valence electrons. The first-order valence-electron chi connectivity index (χ1n) is 11.7. The molecule has 0 radical (unpaired) electrons. The van der Waals surface area contributed by atoms with Gasteiger partial charge < -0.3 is 9.88 Å². The van der Waals surface area contributed by atoms with Gasteiger partial charge in [0.15, 0.2) is 5.01 Å². The number of hydrogen-bond acceptors (Lipinski definition) is 6. The quantitative estimate of drug-likeness (QED) is 0.370. The van der Waals surface area contributed by atoms with Crippen molar-refractivity contribution in [2.75, 3.05) is 0 Å². The Hall–Kier alpha value is -2.84. The van der Waals surface area contributed by atoms with Crippen LogP contribution in [-0.2, 0) is 6.42 Å². The maximum atomic E-state index is 12.7. The molecule has 4 aromatic rings. The summed E-state index contributed by atoms with van der Waals surface area (Å²) in [6.45, 7) is 4.43. The second-order valence-corrected chi connectivity index (χ2v) is 10.9. The summed E-state index contributed by atoms with van der Waals surface area (Å²) in [6.07, 6.45) is 9.94. The van der Waals surface area contributed by atoms with Crippen LogP contribution in [0.5, 0.6) is 0 Å². The first-order valence-corrected chi connectivity index (χ1v) is 12.9. The number of aromatic nitrogens is 5. The van der Waals surface area contributed by atoms with Crippen LogP contribution in [0.1, 0.15) is 61.2 Å². The smallest absolute Gasteiger partial charge is 0.280 e. The van der Waals surface area contributed by atoms with E-state index in [-0.39, 0.29) is 18.0 Å². The number of hydrogen-bond donors (Lipinski definition) is 1. The third-order valence-corrected chi connectivity index (χ3v) is 7.30. The fourth-order valence-corrected chi connectivity index (χ4v) is 5.57. The van der Waals surface area contributed by atoms with E-state index in [2.05, 4.69) is 44.7 Å². The highest BCUT2D eigenvalue weighted by atomic mass is 35.5. The minimum Gasteiger partial charge on any atom is -0.347 e. The van der Waals surface area contributed by atoms with Gasteiger partial charge in [-0.05, 0) is 49.8 Å². The third-order valence-electron chi connectivity index (χ3n) is 6.19. The van der Waals surface area contributed by atoms with Crippen molar-refractivity contribution >= 4 is 39.9 Å². The molecule has 4 heterocycles. The summed E-state index contributed by atoms with van der Waals surface area (Å²) in [7, 11) is 0. The van der Waals surface area contributed by atoms with Gasteiger partial charge in [0, 0.05) is 24.7 Å². The average Bonchev–Trinajstić information content (AvgIpc) is 3.42. The Bertz CT molecular complexity index is 1300. The predicted molar refractivity (Wildman–Crippen MR) is 135 cm³/mol. The van der Waals surface area contributed by atoms with Crippen molar-refractivity contribution in [3.05, 3.63) is 58.0 Å². The van der Waals surface area contributed by atoms with Crippen LogP contribution in [0.25, 0.3) is 22.4 Å². The van der Waals surface area contributed by atoms with Crippen molar-refractivity contribution in [3.8, 4) is 11.4 Å². The van der Waals surface area contributed by atoms with Crippen molar-refractivity contribution in [1.82, 2.24) is 29.8 Å². The Labute approximate surface area is 207 Å². The number of fused-ring (bicyclic) bond motifs is 1. The molecule has 0 aliphatic heterocycles. The van der Waals surface area contributed by atoms with Crippen molar-refractivity contribution in [3.63, 3.8) is 0 Å². The molecule has 9 heteroatoms. The molecule has 1 amide bonds. The van der Waals surface area contributed by atoms with E-state index in [1.54, 1.807) is 6.20 Å². The zero-order chi connectivity index (χ0) is 23.7. The van der Waals surface area contributed by atoms with Crippen LogP contribution >= 0.6 is 22.9 Å². The van der Waals surface area contributed by atoms with Gasteiger partial charge in [-0.25, -0.2) is 9.97 Å². The maximum absolute atomic E-state index is 12.7. The molecule has 0 bridgehead atoms. The standard InChI is InChI=1S/C25H27ClN6OS/c1-15(2)10-23-31-20-13-28-19(18-8-3-4-9-27-18)12-21(20)32(23)17-7-5-6-16(11-17)30-24(33)25-29-14-22(26)34-25/h3-4,8-9,12-17H,5-7,10-11H2,1-2H3,(H,30,33). The zero-order valence-corrected chi connectivity index (χ0v) is 20.8. The fourth-order valence-electron chi connectivity index (χ4n) is 4.76. The summed E-state index contributed by atoms with van der Waals surface area (Å²) in [5.41, 5.74) is 3.67. The highest BCUT2D eigenvalue weighted by molar-refractivity contribution is 7.17. The molecular formula is C25H27ClN6OS. The third kappa shape index (κ3) is 4.83. The summed E-state index contributed by atoms with van der Waals surface area (Å²) in [4.78, 5) is 30.9. The molecule has 0 saturated heterocycles. The van der Waals surface area contributed by atoms with Gasteiger partial charge in [-0.1, -0.05) is 42.9 Å². The zero-order valence-electron chi connectivity index (χ0n) is 19.2. The van der Waals surface area contributed by atoms with E-state index in [0.29, 0.717) is 15.3 Å². The van der Waals surface area contributed by atoms with Crippen LogP contribution in [0, 0.1) is 5.92 Å². The molecule has 1 N–H and O–H groups in total. The summed E-state index contributed by atoms with van der Waals surface area (Å²) in [6, 6.07) is 8.28. The van der Waals surface area contributed by atoms with Gasteiger partial charge in [-0.15, -0.1) is 0 Å². The lowest BCUT2D eigenvalue weighted by molar-refractivity contribution is 0.0920. The SMILES string of the molecule is CC(C)Cc1nc2cnc(-c3ccccn3)cc2n1C1CCCC(NC(=O)c2ncc(Cl)s2)C1. The molecule has 0 aromatic carbocycles. The summed E-state index contributed by atoms with van der Waals surface area (Å²) in [5, 5.41) is 3.59. The van der Waals surface area contributed by atoms with Gasteiger partial charge in [0.05, 0.1) is 29.3 Å². The maximum Gasteiger partial charge on any atom is 0.280 e. The van der Waals surface area contributed by atoms with Crippen molar-refractivity contribution in [2.45, 2.75) is 58.0 Å². The van der Waals surface area contributed by atoms with Crippen LogP contribution in [0.15, 0.2) is 42.9 Å². The molecular weight excluding hydrogens is 468 g/mol. The first-order chi connectivity index (χ1) is 16.5. The van der Waals surface area contributed by atoms with E-state index < -0.39 is 0 Å². The van der Waals surface area contributed by atoms with E-state index in [1.165, 1.54) is 17.5 Å². The fraction of sp³-hybridized carbons (Fsp3) is 0.400. The molecule has 1 aliphatic rings. The lowest BCUT2D eigenvalue weighted by Crippen LogP contribution is -2.39. The number of rotatable bonds is 6. The highest BCUT2D eigenvalue weighted by Gasteiger charge is 2.28. The van der Waals surface area contributed by atoms with Gasteiger partial charge >= 0.3 is 0 Å². The molecule has 7 nitrogen and oxygen atoms in total. The molecule has 0 spiro atoms. The molecule has 2 unspecified atom stereocenters. The van der Waals surface area contributed by atoms with E-state index in [4.69, 9.17) is 16.6 Å². The number of pyridine rings is 2. The topological polar surface area (TPSA) is 85.6 Å². The van der Waals surface area contributed by atoms with Crippen LogP contribution < -0.4 is 5.32 Å². The highest BCUT2D eigenvalue weighted by Crippen LogP contribution is 2.34. The Morgan fingerprint density at radius 1 is 1.21 bits per heavy atom. The number of carbonyl (C=O) groups excluding carboxylic acids is 1. The van der Waals surface area contributed by atoms with E-state index in [1.807, 2.05) is 24.4 Å². The van der Waals surface area contributed by atoms with Crippen LogP contribution in [-0.4, -0.2) is 36.5 Å². The lowest BCUT2D eigenvalue weighted by atomic mass is 9.90. The molecule has 4 aromatic heterocycles. The number of amides is 1. The minimum atomic E-state index is -0.151. The minimum absolute atomic E-state index is 0.0790. The predicted octanol–water partition coefficient (Wildman–Crippen LogP) is 5.72. The normalized spacial score (nSPS) is 18.5. The van der Waals surface area contributed by atoms with Gasteiger partial charge in [-0.2, -0.15) is 0 Å². The second kappa shape index (κ2) is 9.80. The van der Waals surface area contributed by atoms with Crippen LogP contribution in [0.3, 0.4) is 0 Å². The molecule has 1 aliphatic carbocycles. The number of thiazole rings is 1. The first kappa shape index (κ1) is 22.9. The van der Waals surface area contributed by atoms with Crippen LogP contribution in [0.2, 0.25) is 4.34 Å². The van der Waals surface area contributed by atoms with Gasteiger partial charge in [0.25, 0.3) is 5.91 Å². The van der Waals surface area contributed by atoms with E-state index >= 15 is 0 Å². The van der Waals surface area contributed by atoms with Gasteiger partial charge in [0.1, 0.15) is 15.7 Å². The average molecular weight is 495 g/mol. The van der Waals surface area contributed by atoms with E-state index in [0.717, 1.165) is 60.3 Å². The number of nitrogens with one attached hydrogen (secondary N) is 1. The molecule has 1 saturated carbocycles.